The normalized spacial score (nSPS) is 23.4. The molecule has 2 aliphatic carbocycles. The van der Waals surface area contributed by atoms with Crippen molar-refractivity contribution in [3.63, 3.8) is 0 Å². The number of pyridine rings is 1. The molecule has 0 saturated heterocycles. The fourth-order valence-corrected chi connectivity index (χ4v) is 5.09. The largest absolute Gasteiger partial charge is 0.497 e. The van der Waals surface area contributed by atoms with Crippen molar-refractivity contribution in [3.05, 3.63) is 53.5 Å². The van der Waals surface area contributed by atoms with Crippen molar-refractivity contribution in [3.8, 4) is 11.6 Å². The van der Waals surface area contributed by atoms with E-state index in [0.717, 1.165) is 45.4 Å². The van der Waals surface area contributed by atoms with Crippen LogP contribution in [0.15, 0.2) is 36.5 Å². The highest BCUT2D eigenvalue weighted by Crippen LogP contribution is 2.50. The van der Waals surface area contributed by atoms with E-state index in [2.05, 4.69) is 4.98 Å². The van der Waals surface area contributed by atoms with Gasteiger partial charge in [0, 0.05) is 18.2 Å². The smallest absolute Gasteiger partial charge is 0.341 e. The van der Waals surface area contributed by atoms with E-state index in [1.165, 1.54) is 6.07 Å². The number of aliphatic carboxylic acids is 1. The maximum atomic E-state index is 15.0. The Kier molecular flexibility index (Phi) is 6.86. The summed E-state index contributed by atoms with van der Waals surface area (Å²) in [5, 5.41) is 9.39. The van der Waals surface area contributed by atoms with Crippen LogP contribution >= 0.6 is 0 Å². The second-order valence-electron chi connectivity index (χ2n) is 9.54. The minimum Gasteiger partial charge on any atom is -0.497 e. The first-order chi connectivity index (χ1) is 15.8. The third kappa shape index (κ3) is 5.28. The molecular weight excluding hydrogens is 428 g/mol. The van der Waals surface area contributed by atoms with Gasteiger partial charge in [-0.1, -0.05) is 0 Å². The number of benzene rings is 1. The van der Waals surface area contributed by atoms with Gasteiger partial charge in [-0.2, -0.15) is 0 Å². The fourth-order valence-electron chi connectivity index (χ4n) is 5.09. The zero-order valence-corrected chi connectivity index (χ0v) is 19.1. The zero-order chi connectivity index (χ0) is 23.6. The first kappa shape index (κ1) is 23.5. The number of carboxylic acid groups (broad SMARTS) is 1. The van der Waals surface area contributed by atoms with Gasteiger partial charge in [0.15, 0.2) is 0 Å². The van der Waals surface area contributed by atoms with Crippen molar-refractivity contribution in [2.45, 2.75) is 63.0 Å². The molecule has 33 heavy (non-hydrogen) atoms. The molecule has 2 aliphatic rings. The molecule has 2 aromatic rings. The molecule has 2 saturated carbocycles. The van der Waals surface area contributed by atoms with Gasteiger partial charge in [-0.3, -0.25) is 0 Å². The molecule has 1 N–H and O–H groups in total. The van der Waals surface area contributed by atoms with E-state index in [4.69, 9.17) is 9.47 Å². The lowest BCUT2D eigenvalue weighted by Crippen LogP contribution is -2.38. The van der Waals surface area contributed by atoms with E-state index < -0.39 is 17.6 Å². The molecule has 0 amide bonds. The van der Waals surface area contributed by atoms with Gasteiger partial charge in [-0.15, -0.1) is 0 Å². The molecule has 178 valence electrons. The molecule has 0 radical (unpaired) electrons. The maximum Gasteiger partial charge on any atom is 0.341 e. The van der Waals surface area contributed by atoms with E-state index in [9.17, 15) is 14.3 Å². The van der Waals surface area contributed by atoms with Gasteiger partial charge in [0.05, 0.1) is 13.7 Å². The Bertz CT molecular complexity index is 984. The molecule has 1 heterocycles. The SMILES string of the molecule is COc1ccc(F)c([C@H]2CC[C@H](COc3cc([C@H](C4CC4)C(C)(F)C(=O)O)ccn3)CC2)c1. The molecular formula is C26H31F2NO4. The summed E-state index contributed by atoms with van der Waals surface area (Å²) in [4.78, 5) is 15.8. The van der Waals surface area contributed by atoms with E-state index in [1.807, 2.05) is 0 Å². The molecule has 1 aromatic carbocycles. The van der Waals surface area contributed by atoms with Crippen molar-refractivity contribution in [2.75, 3.05) is 13.7 Å². The highest BCUT2D eigenvalue weighted by molar-refractivity contribution is 5.78. The molecule has 0 aliphatic heterocycles. The van der Waals surface area contributed by atoms with Crippen LogP contribution < -0.4 is 9.47 Å². The monoisotopic (exact) mass is 459 g/mol. The van der Waals surface area contributed by atoms with E-state index >= 15 is 4.39 Å². The summed E-state index contributed by atoms with van der Waals surface area (Å²) < 4.78 is 40.5. The standard InChI is InChI=1S/C26H31F2NO4/c1-26(28,25(30)31)24(18-7-8-18)19-11-12-29-23(13-19)33-15-16-3-5-17(6-4-16)21-14-20(32-2)9-10-22(21)27/h9-14,16-18,24H,3-8,15H2,1-2H3,(H,30,31)/t16-,17-,24-,26?/m0/s1. The van der Waals surface area contributed by atoms with Crippen LogP contribution in [0.4, 0.5) is 8.78 Å². The molecule has 5 nitrogen and oxygen atoms in total. The molecule has 0 bridgehead atoms. The average molecular weight is 460 g/mol. The third-order valence-electron chi connectivity index (χ3n) is 7.17. The molecule has 7 heteroatoms. The van der Waals surface area contributed by atoms with Gasteiger partial charge in [-0.05, 0) is 98.6 Å². The topological polar surface area (TPSA) is 68.7 Å². The van der Waals surface area contributed by atoms with Crippen LogP contribution in [0, 0.1) is 17.7 Å². The Morgan fingerprint density at radius 3 is 2.55 bits per heavy atom. The predicted octanol–water partition coefficient (Wildman–Crippen LogP) is 5.89. The summed E-state index contributed by atoms with van der Waals surface area (Å²) in [5.41, 5.74) is -1.01. The second-order valence-corrected chi connectivity index (χ2v) is 9.54. The lowest BCUT2D eigenvalue weighted by molar-refractivity contribution is -0.151. The number of ether oxygens (including phenoxy) is 2. The Morgan fingerprint density at radius 2 is 1.91 bits per heavy atom. The van der Waals surface area contributed by atoms with Gasteiger partial charge in [-0.25, -0.2) is 18.6 Å². The molecule has 2 fully saturated rings. The number of carbonyl (C=O) groups is 1. The second kappa shape index (κ2) is 9.65. The van der Waals surface area contributed by atoms with Crippen LogP contribution in [0.1, 0.15) is 68.4 Å². The molecule has 1 aromatic heterocycles. The van der Waals surface area contributed by atoms with Gasteiger partial charge >= 0.3 is 5.97 Å². The lowest BCUT2D eigenvalue weighted by atomic mass is 9.79. The van der Waals surface area contributed by atoms with Crippen molar-refractivity contribution in [1.82, 2.24) is 4.98 Å². The number of carboxylic acids is 1. The summed E-state index contributed by atoms with van der Waals surface area (Å²) in [7, 11) is 1.58. The molecule has 4 rings (SSSR count). The fraction of sp³-hybridized carbons (Fsp3) is 0.538. The number of hydrogen-bond donors (Lipinski definition) is 1. The first-order valence-electron chi connectivity index (χ1n) is 11.6. The van der Waals surface area contributed by atoms with Gasteiger partial charge in [0.25, 0.3) is 0 Å². The van der Waals surface area contributed by atoms with Gasteiger partial charge in [0.1, 0.15) is 11.6 Å². The zero-order valence-electron chi connectivity index (χ0n) is 19.1. The van der Waals surface area contributed by atoms with Crippen molar-refractivity contribution >= 4 is 5.97 Å². The number of hydrogen-bond acceptors (Lipinski definition) is 4. The van der Waals surface area contributed by atoms with Gasteiger partial charge in [0.2, 0.25) is 11.5 Å². The maximum absolute atomic E-state index is 15.0. The highest BCUT2D eigenvalue weighted by Gasteiger charge is 2.50. The van der Waals surface area contributed by atoms with Crippen LogP contribution in [0.25, 0.3) is 0 Å². The van der Waals surface area contributed by atoms with Crippen LogP contribution in [-0.2, 0) is 4.79 Å². The minimum atomic E-state index is -2.34. The average Bonchev–Trinajstić information content (AvgIpc) is 3.63. The van der Waals surface area contributed by atoms with Crippen LogP contribution in [0.3, 0.4) is 0 Å². The molecule has 2 atom stereocenters. The molecule has 1 unspecified atom stereocenters. The van der Waals surface area contributed by atoms with Crippen molar-refractivity contribution < 1.29 is 28.2 Å². The van der Waals surface area contributed by atoms with Gasteiger partial charge < -0.3 is 14.6 Å². The Morgan fingerprint density at radius 1 is 1.18 bits per heavy atom. The van der Waals surface area contributed by atoms with E-state index in [0.29, 0.717) is 35.3 Å². The quantitative estimate of drug-likeness (QED) is 0.507. The van der Waals surface area contributed by atoms with E-state index in [1.54, 1.807) is 37.6 Å². The number of rotatable bonds is 9. The minimum absolute atomic E-state index is 0.0265. The summed E-state index contributed by atoms with van der Waals surface area (Å²) in [6.07, 6.45) is 6.77. The lowest BCUT2D eigenvalue weighted by Gasteiger charge is -2.29. The van der Waals surface area contributed by atoms with Crippen molar-refractivity contribution in [2.24, 2.45) is 11.8 Å². The van der Waals surface area contributed by atoms with Crippen LogP contribution in [0.5, 0.6) is 11.6 Å². The summed E-state index contributed by atoms with van der Waals surface area (Å²) in [6.45, 7) is 1.62. The van der Waals surface area contributed by atoms with E-state index in [-0.39, 0.29) is 17.7 Å². The Labute approximate surface area is 193 Å². The first-order valence-corrected chi connectivity index (χ1v) is 11.6. The number of nitrogens with zero attached hydrogens (tertiary/aromatic N) is 1. The van der Waals surface area contributed by atoms with Crippen LogP contribution in [0.2, 0.25) is 0 Å². The molecule has 0 spiro atoms. The highest BCUT2D eigenvalue weighted by atomic mass is 19.1. The predicted molar refractivity (Wildman–Crippen MR) is 120 cm³/mol. The number of methoxy groups -OCH3 is 1. The Balaban J connectivity index is 1.36. The van der Waals surface area contributed by atoms with Crippen LogP contribution in [-0.4, -0.2) is 35.4 Å². The Hall–Kier alpha value is -2.70. The summed E-state index contributed by atoms with van der Waals surface area (Å²) in [5.74, 6) is -0.779. The number of alkyl halides is 1. The third-order valence-corrected chi connectivity index (χ3v) is 7.17. The number of halogens is 2. The van der Waals surface area contributed by atoms with Crippen molar-refractivity contribution in [1.29, 1.82) is 0 Å². The summed E-state index contributed by atoms with van der Waals surface area (Å²) in [6, 6.07) is 8.25. The number of aromatic nitrogens is 1. The summed E-state index contributed by atoms with van der Waals surface area (Å²) >= 11 is 0.